The molecule has 5 nitrogen and oxygen atoms in total. The van der Waals surface area contributed by atoms with Crippen molar-refractivity contribution in [2.75, 3.05) is 26.2 Å². The first-order valence-electron chi connectivity index (χ1n) is 7.64. The molecule has 0 aromatic heterocycles. The molecule has 0 bridgehead atoms. The molecule has 0 N–H and O–H groups in total. The monoisotopic (exact) mass is 314 g/mol. The number of piperazine rings is 1. The predicted octanol–water partition coefficient (Wildman–Crippen LogP) is 2.36. The summed E-state index contributed by atoms with van der Waals surface area (Å²) in [5, 5.41) is 0. The lowest BCUT2D eigenvalue weighted by molar-refractivity contribution is 0.0141. The molecular formula is C18H22N2O3. The number of rotatable bonds is 1. The van der Waals surface area contributed by atoms with Crippen molar-refractivity contribution in [3.63, 3.8) is 0 Å². The summed E-state index contributed by atoms with van der Waals surface area (Å²) in [5.41, 5.74) is 0.600. The molecule has 0 atom stereocenters. The standard InChI is InChI=1S/C18H22N2O3/c1-5-14-8-6-7-9-15(14)16(21)19-10-12-20(13-11-19)17(22)23-18(2,3)4/h1,6-9H,10-13H2,2-4H3. The Kier molecular flexibility index (Phi) is 4.95. The van der Waals surface area contributed by atoms with Crippen LogP contribution in [0.1, 0.15) is 36.7 Å². The third kappa shape index (κ3) is 4.26. The number of carbonyl (C=O) groups excluding carboxylic acids is 2. The first kappa shape index (κ1) is 16.9. The Morgan fingerprint density at radius 3 is 2.22 bits per heavy atom. The summed E-state index contributed by atoms with van der Waals surface area (Å²) in [6.07, 6.45) is 5.11. The van der Waals surface area contributed by atoms with Crippen LogP contribution < -0.4 is 0 Å². The fourth-order valence-electron chi connectivity index (χ4n) is 2.38. The maximum absolute atomic E-state index is 12.6. The van der Waals surface area contributed by atoms with Gasteiger partial charge in [0.15, 0.2) is 0 Å². The van der Waals surface area contributed by atoms with Crippen LogP contribution in [0.2, 0.25) is 0 Å². The number of hydrogen-bond donors (Lipinski definition) is 0. The Morgan fingerprint density at radius 2 is 1.65 bits per heavy atom. The molecule has 0 saturated carbocycles. The van der Waals surface area contributed by atoms with Crippen LogP contribution in [-0.2, 0) is 4.74 Å². The Balaban J connectivity index is 1.98. The zero-order chi connectivity index (χ0) is 17.0. The van der Waals surface area contributed by atoms with Crippen molar-refractivity contribution in [3.05, 3.63) is 35.4 Å². The quantitative estimate of drug-likeness (QED) is 0.748. The molecule has 1 saturated heterocycles. The van der Waals surface area contributed by atoms with E-state index in [1.165, 1.54) is 0 Å². The fourth-order valence-corrected chi connectivity index (χ4v) is 2.38. The molecule has 1 aliphatic rings. The number of hydrogen-bond acceptors (Lipinski definition) is 3. The second kappa shape index (κ2) is 6.74. The maximum atomic E-state index is 12.6. The number of terminal acetylenes is 1. The number of carbonyl (C=O) groups is 2. The van der Waals surface area contributed by atoms with Crippen LogP contribution in [0.5, 0.6) is 0 Å². The van der Waals surface area contributed by atoms with Gasteiger partial charge < -0.3 is 14.5 Å². The van der Waals surface area contributed by atoms with E-state index in [9.17, 15) is 9.59 Å². The van der Waals surface area contributed by atoms with Gasteiger partial charge >= 0.3 is 6.09 Å². The summed E-state index contributed by atoms with van der Waals surface area (Å²) in [6, 6.07) is 7.10. The molecule has 0 spiro atoms. The van der Waals surface area contributed by atoms with Gasteiger partial charge in [-0.1, -0.05) is 18.1 Å². The third-order valence-electron chi connectivity index (χ3n) is 3.53. The van der Waals surface area contributed by atoms with Crippen molar-refractivity contribution in [1.29, 1.82) is 0 Å². The fraction of sp³-hybridized carbons (Fsp3) is 0.444. The van der Waals surface area contributed by atoms with Crippen molar-refractivity contribution >= 4 is 12.0 Å². The molecular weight excluding hydrogens is 292 g/mol. The molecule has 5 heteroatoms. The second-order valence-corrected chi connectivity index (χ2v) is 6.45. The molecule has 1 fully saturated rings. The largest absolute Gasteiger partial charge is 0.444 e. The van der Waals surface area contributed by atoms with Crippen LogP contribution in [-0.4, -0.2) is 53.6 Å². The van der Waals surface area contributed by atoms with E-state index < -0.39 is 5.60 Å². The van der Waals surface area contributed by atoms with E-state index >= 15 is 0 Å². The van der Waals surface area contributed by atoms with Crippen molar-refractivity contribution < 1.29 is 14.3 Å². The van der Waals surface area contributed by atoms with E-state index in [2.05, 4.69) is 5.92 Å². The van der Waals surface area contributed by atoms with Crippen molar-refractivity contribution in [2.45, 2.75) is 26.4 Å². The van der Waals surface area contributed by atoms with E-state index in [0.29, 0.717) is 37.3 Å². The van der Waals surface area contributed by atoms with Gasteiger partial charge in [-0.3, -0.25) is 4.79 Å². The smallest absolute Gasteiger partial charge is 0.410 e. The zero-order valence-corrected chi connectivity index (χ0v) is 13.8. The second-order valence-electron chi connectivity index (χ2n) is 6.45. The van der Waals surface area contributed by atoms with Crippen LogP contribution in [0.25, 0.3) is 0 Å². The van der Waals surface area contributed by atoms with Crippen LogP contribution in [0.4, 0.5) is 4.79 Å². The molecule has 0 radical (unpaired) electrons. The average Bonchev–Trinajstić information content (AvgIpc) is 2.52. The minimum atomic E-state index is -0.518. The highest BCUT2D eigenvalue weighted by Crippen LogP contribution is 2.15. The van der Waals surface area contributed by atoms with Gasteiger partial charge in [0, 0.05) is 31.7 Å². The summed E-state index contributed by atoms with van der Waals surface area (Å²) < 4.78 is 5.35. The van der Waals surface area contributed by atoms with Gasteiger partial charge in [0.05, 0.1) is 5.56 Å². The molecule has 1 aliphatic heterocycles. The van der Waals surface area contributed by atoms with Gasteiger partial charge in [-0.25, -0.2) is 4.79 Å². The van der Waals surface area contributed by atoms with Crippen LogP contribution in [0.15, 0.2) is 24.3 Å². The molecule has 23 heavy (non-hydrogen) atoms. The van der Waals surface area contributed by atoms with Gasteiger partial charge in [-0.2, -0.15) is 0 Å². The van der Waals surface area contributed by atoms with Crippen LogP contribution in [0.3, 0.4) is 0 Å². The predicted molar refractivity (Wildman–Crippen MR) is 88.1 cm³/mol. The SMILES string of the molecule is C#Cc1ccccc1C(=O)N1CCN(C(=O)OC(C)(C)C)CC1. The molecule has 0 aliphatic carbocycles. The highest BCUT2D eigenvalue weighted by atomic mass is 16.6. The van der Waals surface area contributed by atoms with Gasteiger partial charge in [-0.05, 0) is 32.9 Å². The summed E-state index contributed by atoms with van der Waals surface area (Å²) in [5.74, 6) is 2.44. The van der Waals surface area contributed by atoms with Gasteiger partial charge in [0.25, 0.3) is 5.91 Å². The lowest BCUT2D eigenvalue weighted by Gasteiger charge is -2.35. The first-order chi connectivity index (χ1) is 10.8. The molecule has 2 rings (SSSR count). The highest BCUT2D eigenvalue weighted by Gasteiger charge is 2.28. The minimum Gasteiger partial charge on any atom is -0.444 e. The van der Waals surface area contributed by atoms with Gasteiger partial charge in [0.1, 0.15) is 5.60 Å². The van der Waals surface area contributed by atoms with Crippen molar-refractivity contribution in [2.24, 2.45) is 0 Å². The summed E-state index contributed by atoms with van der Waals surface area (Å²) in [7, 11) is 0. The number of ether oxygens (including phenoxy) is 1. The van der Waals surface area contributed by atoms with E-state index in [0.717, 1.165) is 0 Å². The third-order valence-corrected chi connectivity index (χ3v) is 3.53. The summed E-state index contributed by atoms with van der Waals surface area (Å²) in [4.78, 5) is 28.0. The molecule has 1 aromatic carbocycles. The van der Waals surface area contributed by atoms with E-state index in [-0.39, 0.29) is 12.0 Å². The van der Waals surface area contributed by atoms with Crippen LogP contribution in [0, 0.1) is 12.3 Å². The molecule has 0 unspecified atom stereocenters. The molecule has 1 heterocycles. The summed E-state index contributed by atoms with van der Waals surface area (Å²) >= 11 is 0. The lowest BCUT2D eigenvalue weighted by Crippen LogP contribution is -2.51. The lowest BCUT2D eigenvalue weighted by atomic mass is 10.1. The Bertz CT molecular complexity index is 632. The van der Waals surface area contributed by atoms with Gasteiger partial charge in [0.2, 0.25) is 0 Å². The molecule has 1 aromatic rings. The first-order valence-corrected chi connectivity index (χ1v) is 7.64. The Hall–Kier alpha value is -2.48. The number of benzene rings is 1. The number of amides is 2. The van der Waals surface area contributed by atoms with Crippen LogP contribution >= 0.6 is 0 Å². The van der Waals surface area contributed by atoms with Gasteiger partial charge in [-0.15, -0.1) is 6.42 Å². The zero-order valence-electron chi connectivity index (χ0n) is 13.8. The normalized spacial score (nSPS) is 15.0. The average molecular weight is 314 g/mol. The van der Waals surface area contributed by atoms with E-state index in [4.69, 9.17) is 11.2 Å². The van der Waals surface area contributed by atoms with Crippen molar-refractivity contribution in [1.82, 2.24) is 9.80 Å². The van der Waals surface area contributed by atoms with E-state index in [1.54, 1.807) is 28.0 Å². The molecule has 2 amide bonds. The Morgan fingerprint density at radius 1 is 1.09 bits per heavy atom. The summed E-state index contributed by atoms with van der Waals surface area (Å²) in [6.45, 7) is 7.36. The maximum Gasteiger partial charge on any atom is 0.410 e. The highest BCUT2D eigenvalue weighted by molar-refractivity contribution is 5.96. The molecule has 122 valence electrons. The minimum absolute atomic E-state index is 0.0950. The van der Waals surface area contributed by atoms with E-state index in [1.807, 2.05) is 26.8 Å². The Labute approximate surface area is 137 Å². The number of nitrogens with zero attached hydrogens (tertiary/aromatic N) is 2. The topological polar surface area (TPSA) is 49.9 Å². The van der Waals surface area contributed by atoms with Crippen molar-refractivity contribution in [3.8, 4) is 12.3 Å².